The van der Waals surface area contributed by atoms with Gasteiger partial charge in [-0.25, -0.2) is 0 Å². The van der Waals surface area contributed by atoms with Crippen molar-refractivity contribution in [2.75, 3.05) is 19.0 Å². The fourth-order valence-corrected chi connectivity index (χ4v) is 2.55. The maximum atomic E-state index is 12.1. The second-order valence-corrected chi connectivity index (χ2v) is 6.17. The van der Waals surface area contributed by atoms with Gasteiger partial charge in [0.25, 0.3) is 0 Å². The number of ketones is 1. The molecule has 0 amide bonds. The fourth-order valence-electron chi connectivity index (χ4n) is 2.55. The number of hydrogen-bond donors (Lipinski definition) is 0. The lowest BCUT2D eigenvalue weighted by Crippen LogP contribution is -2.08. The number of nitrogens with zero attached hydrogens (tertiary/aromatic N) is 1. The number of benzene rings is 1. The summed E-state index contributed by atoms with van der Waals surface area (Å²) in [7, 11) is 4.02. The summed E-state index contributed by atoms with van der Waals surface area (Å²) >= 11 is 0. The average Bonchev–Trinajstić information content (AvgIpc) is 2.53. The molecule has 1 aromatic rings. The molecule has 22 heavy (non-hydrogen) atoms. The molecule has 0 atom stereocenters. The quantitative estimate of drug-likeness (QED) is 0.283. The molecule has 2 nitrogen and oxygen atoms in total. The van der Waals surface area contributed by atoms with Crippen LogP contribution in [0.3, 0.4) is 0 Å². The lowest BCUT2D eigenvalue weighted by molar-refractivity contribution is 0.0979. The van der Waals surface area contributed by atoms with E-state index >= 15 is 0 Å². The summed E-state index contributed by atoms with van der Waals surface area (Å²) in [6.45, 7) is 3.74. The van der Waals surface area contributed by atoms with Gasteiger partial charge in [0, 0.05) is 31.8 Å². The van der Waals surface area contributed by atoms with Gasteiger partial charge >= 0.3 is 0 Å². The number of rotatable bonds is 12. The summed E-state index contributed by atoms with van der Waals surface area (Å²) in [6, 6.07) is 7.90. The zero-order chi connectivity index (χ0) is 16.2. The molecule has 0 saturated carbocycles. The van der Waals surface area contributed by atoms with Crippen molar-refractivity contribution >= 4 is 11.5 Å². The molecule has 1 rings (SSSR count). The molecule has 0 unspecified atom stereocenters. The number of Topliss-reactive ketones (excluding diaryl/α,β-unsaturated/α-hetero) is 1. The summed E-state index contributed by atoms with van der Waals surface area (Å²) in [6.07, 6.45) is 12.4. The van der Waals surface area contributed by atoms with Gasteiger partial charge in [-0.1, -0.05) is 38.2 Å². The van der Waals surface area contributed by atoms with E-state index in [1.165, 1.54) is 38.5 Å². The van der Waals surface area contributed by atoms with Gasteiger partial charge in [-0.05, 0) is 43.5 Å². The van der Waals surface area contributed by atoms with Crippen LogP contribution < -0.4 is 4.90 Å². The standard InChI is InChI=1S/C20H31NO/c1-4-5-6-7-8-9-10-11-12-13-20(22)18-14-16-19(17-15-18)21(2)3/h4,14-17H,1,5-13H2,2-3H3. The first kappa shape index (κ1) is 18.5. The molecule has 0 spiro atoms. The average molecular weight is 301 g/mol. The van der Waals surface area contributed by atoms with E-state index in [-0.39, 0.29) is 5.78 Å². The molecule has 0 fully saturated rings. The maximum absolute atomic E-state index is 12.1. The van der Waals surface area contributed by atoms with Gasteiger partial charge in [0.1, 0.15) is 0 Å². The number of anilines is 1. The van der Waals surface area contributed by atoms with Crippen LogP contribution in [0.15, 0.2) is 36.9 Å². The van der Waals surface area contributed by atoms with Crippen LogP contribution in [0, 0.1) is 0 Å². The first-order valence-electron chi connectivity index (χ1n) is 8.56. The minimum atomic E-state index is 0.274. The number of carbonyl (C=O) groups excluding carboxylic acids is 1. The van der Waals surface area contributed by atoms with Crippen LogP contribution in [0.1, 0.15) is 68.1 Å². The first-order chi connectivity index (χ1) is 10.6. The number of carbonyl (C=O) groups is 1. The van der Waals surface area contributed by atoms with Crippen LogP contribution in [0.25, 0.3) is 0 Å². The number of hydrogen-bond acceptors (Lipinski definition) is 2. The normalized spacial score (nSPS) is 10.5. The Kier molecular flexibility index (Phi) is 9.29. The molecular formula is C20H31NO. The van der Waals surface area contributed by atoms with Gasteiger partial charge in [0.05, 0.1) is 0 Å². The Morgan fingerprint density at radius 3 is 2.05 bits per heavy atom. The molecule has 0 heterocycles. The Balaban J connectivity index is 2.11. The van der Waals surface area contributed by atoms with Crippen molar-refractivity contribution in [3.8, 4) is 0 Å². The smallest absolute Gasteiger partial charge is 0.162 e. The summed E-state index contributed by atoms with van der Waals surface area (Å²) in [5.41, 5.74) is 1.98. The molecule has 0 aliphatic rings. The summed E-state index contributed by atoms with van der Waals surface area (Å²) in [5.74, 6) is 0.274. The molecule has 0 bridgehead atoms. The van der Waals surface area contributed by atoms with Crippen molar-refractivity contribution in [1.82, 2.24) is 0 Å². The SMILES string of the molecule is C=CCCCCCCCCCC(=O)c1ccc(N(C)C)cc1. The molecule has 0 aliphatic heterocycles. The molecule has 0 aliphatic carbocycles. The second-order valence-electron chi connectivity index (χ2n) is 6.17. The second kappa shape index (κ2) is 11.1. The van der Waals surface area contributed by atoms with Crippen molar-refractivity contribution in [2.24, 2.45) is 0 Å². The summed E-state index contributed by atoms with van der Waals surface area (Å²) < 4.78 is 0. The molecule has 0 aromatic heterocycles. The third kappa shape index (κ3) is 7.44. The monoisotopic (exact) mass is 301 g/mol. The Morgan fingerprint density at radius 2 is 1.50 bits per heavy atom. The molecule has 0 saturated heterocycles. The van der Waals surface area contributed by atoms with E-state index in [9.17, 15) is 4.79 Å². The van der Waals surface area contributed by atoms with Gasteiger partial charge in [0.2, 0.25) is 0 Å². The highest BCUT2D eigenvalue weighted by atomic mass is 16.1. The minimum absolute atomic E-state index is 0.274. The molecule has 0 radical (unpaired) electrons. The highest BCUT2D eigenvalue weighted by Crippen LogP contribution is 2.15. The largest absolute Gasteiger partial charge is 0.378 e. The van der Waals surface area contributed by atoms with E-state index in [0.29, 0.717) is 6.42 Å². The highest BCUT2D eigenvalue weighted by molar-refractivity contribution is 5.96. The van der Waals surface area contributed by atoms with Crippen LogP contribution in [-0.2, 0) is 0 Å². The minimum Gasteiger partial charge on any atom is -0.378 e. The van der Waals surface area contributed by atoms with Crippen LogP contribution >= 0.6 is 0 Å². The van der Waals surface area contributed by atoms with Crippen molar-refractivity contribution in [2.45, 2.75) is 57.8 Å². The van der Waals surface area contributed by atoms with E-state index in [2.05, 4.69) is 6.58 Å². The van der Waals surface area contributed by atoms with E-state index in [0.717, 1.165) is 24.1 Å². The van der Waals surface area contributed by atoms with Crippen LogP contribution in [0.2, 0.25) is 0 Å². The first-order valence-corrected chi connectivity index (χ1v) is 8.56. The van der Waals surface area contributed by atoms with E-state index in [1.54, 1.807) is 0 Å². The van der Waals surface area contributed by atoms with Gasteiger partial charge in [-0.3, -0.25) is 4.79 Å². The summed E-state index contributed by atoms with van der Waals surface area (Å²) in [4.78, 5) is 14.2. The predicted octanol–water partition coefficient (Wildman–Crippen LogP) is 5.63. The third-order valence-electron chi connectivity index (χ3n) is 4.02. The Hall–Kier alpha value is -1.57. The maximum Gasteiger partial charge on any atom is 0.162 e. The van der Waals surface area contributed by atoms with Crippen molar-refractivity contribution in [3.05, 3.63) is 42.5 Å². The van der Waals surface area contributed by atoms with Crippen molar-refractivity contribution in [1.29, 1.82) is 0 Å². The molecule has 2 heteroatoms. The predicted molar refractivity (Wildman–Crippen MR) is 96.8 cm³/mol. The van der Waals surface area contributed by atoms with Crippen LogP contribution in [0.5, 0.6) is 0 Å². The lowest BCUT2D eigenvalue weighted by Gasteiger charge is -2.12. The summed E-state index contributed by atoms with van der Waals surface area (Å²) in [5, 5.41) is 0. The van der Waals surface area contributed by atoms with Gasteiger partial charge in [0.15, 0.2) is 5.78 Å². The van der Waals surface area contributed by atoms with E-state index < -0.39 is 0 Å². The topological polar surface area (TPSA) is 20.3 Å². The zero-order valence-electron chi connectivity index (χ0n) is 14.3. The van der Waals surface area contributed by atoms with E-state index in [4.69, 9.17) is 0 Å². The zero-order valence-corrected chi connectivity index (χ0v) is 14.3. The molecule has 122 valence electrons. The highest BCUT2D eigenvalue weighted by Gasteiger charge is 2.05. The number of unbranched alkanes of at least 4 members (excludes halogenated alkanes) is 7. The number of allylic oxidation sites excluding steroid dienone is 1. The van der Waals surface area contributed by atoms with Gasteiger partial charge < -0.3 is 4.90 Å². The fraction of sp³-hybridized carbons (Fsp3) is 0.550. The Labute approximate surface area is 136 Å². The Morgan fingerprint density at radius 1 is 0.955 bits per heavy atom. The van der Waals surface area contributed by atoms with Gasteiger partial charge in [-0.15, -0.1) is 6.58 Å². The third-order valence-corrected chi connectivity index (χ3v) is 4.02. The molecule has 0 N–H and O–H groups in total. The molecular weight excluding hydrogens is 270 g/mol. The molecule has 1 aromatic carbocycles. The Bertz CT molecular complexity index is 434. The van der Waals surface area contributed by atoms with Crippen LogP contribution in [0.4, 0.5) is 5.69 Å². The van der Waals surface area contributed by atoms with Crippen LogP contribution in [-0.4, -0.2) is 19.9 Å². The van der Waals surface area contributed by atoms with Gasteiger partial charge in [-0.2, -0.15) is 0 Å². The lowest BCUT2D eigenvalue weighted by atomic mass is 10.0. The van der Waals surface area contributed by atoms with Crippen molar-refractivity contribution < 1.29 is 4.79 Å². The van der Waals surface area contributed by atoms with Crippen molar-refractivity contribution in [3.63, 3.8) is 0 Å². The van der Waals surface area contributed by atoms with E-state index in [1.807, 2.05) is 49.3 Å².